The number of nitrogens with two attached hydrogens (primary N) is 1. The Morgan fingerprint density at radius 1 is 1.50 bits per heavy atom. The molecule has 9 nitrogen and oxygen atoms in total. The summed E-state index contributed by atoms with van der Waals surface area (Å²) in [5, 5.41) is 23.9. The van der Waals surface area contributed by atoms with Crippen LogP contribution in [0, 0.1) is 17.0 Å². The highest BCUT2D eigenvalue weighted by Gasteiger charge is 2.25. The van der Waals surface area contributed by atoms with Crippen molar-refractivity contribution in [3.63, 3.8) is 0 Å². The molecule has 1 aromatic rings. The molecular weight excluding hydrogens is 264 g/mol. The van der Waals surface area contributed by atoms with Crippen molar-refractivity contribution in [1.29, 1.82) is 0 Å². The second-order valence-corrected chi connectivity index (χ2v) is 4.83. The molecule has 0 radical (unpaired) electrons. The third-order valence-corrected chi connectivity index (χ3v) is 2.80. The molecule has 1 heterocycles. The maximum atomic E-state index is 11.1. The van der Waals surface area contributed by atoms with E-state index in [0.717, 1.165) is 6.42 Å². The van der Waals surface area contributed by atoms with Crippen molar-refractivity contribution in [2.24, 2.45) is 5.84 Å². The Morgan fingerprint density at radius 2 is 2.15 bits per heavy atom. The largest absolute Gasteiger partial charge is 0.388 e. The van der Waals surface area contributed by atoms with Gasteiger partial charge in [-0.05, 0) is 20.3 Å². The molecular formula is C11H20N6O3. The molecule has 1 atom stereocenters. The fourth-order valence-corrected chi connectivity index (χ4v) is 1.87. The minimum Gasteiger partial charge on any atom is -0.388 e. The number of nitro groups is 1. The first-order chi connectivity index (χ1) is 9.30. The lowest BCUT2D eigenvalue weighted by atomic mass is 10.0. The minimum absolute atomic E-state index is 0.0341. The lowest BCUT2D eigenvalue weighted by Gasteiger charge is -2.23. The van der Waals surface area contributed by atoms with Crippen molar-refractivity contribution in [1.82, 2.24) is 9.97 Å². The first-order valence-electron chi connectivity index (χ1n) is 6.26. The summed E-state index contributed by atoms with van der Waals surface area (Å²) in [7, 11) is 0. The van der Waals surface area contributed by atoms with E-state index in [-0.39, 0.29) is 29.7 Å². The first-order valence-corrected chi connectivity index (χ1v) is 6.26. The Hall–Kier alpha value is -2.00. The van der Waals surface area contributed by atoms with Gasteiger partial charge in [0.25, 0.3) is 0 Å². The number of anilines is 2. The van der Waals surface area contributed by atoms with Crippen LogP contribution in [0.15, 0.2) is 0 Å². The van der Waals surface area contributed by atoms with E-state index in [1.54, 1.807) is 6.92 Å². The molecule has 1 rings (SSSR count). The van der Waals surface area contributed by atoms with Gasteiger partial charge in [0.05, 0.1) is 10.5 Å². The third-order valence-electron chi connectivity index (χ3n) is 2.80. The molecule has 0 spiro atoms. The van der Waals surface area contributed by atoms with Crippen LogP contribution in [0.2, 0.25) is 0 Å². The smallest absolute Gasteiger partial charge is 0.332 e. The molecule has 0 aliphatic carbocycles. The van der Waals surface area contributed by atoms with Gasteiger partial charge in [-0.15, -0.1) is 0 Å². The molecule has 5 N–H and O–H groups in total. The van der Waals surface area contributed by atoms with E-state index in [1.807, 2.05) is 6.92 Å². The highest BCUT2D eigenvalue weighted by atomic mass is 16.6. The Balaban J connectivity index is 3.03. The Kier molecular flexibility index (Phi) is 5.17. The summed E-state index contributed by atoms with van der Waals surface area (Å²) >= 11 is 0. The SMILES string of the molecule is CCCC(C)(O)CNc1nc(NN)nc(C)c1[N+](=O)[O-]. The van der Waals surface area contributed by atoms with Crippen LogP contribution in [0.4, 0.5) is 17.5 Å². The maximum absolute atomic E-state index is 11.1. The summed E-state index contributed by atoms with van der Waals surface area (Å²) in [5.41, 5.74) is 1.24. The van der Waals surface area contributed by atoms with Gasteiger partial charge in [0.1, 0.15) is 5.69 Å². The van der Waals surface area contributed by atoms with E-state index >= 15 is 0 Å². The molecule has 0 amide bonds. The molecule has 0 aliphatic rings. The van der Waals surface area contributed by atoms with E-state index in [9.17, 15) is 15.2 Å². The van der Waals surface area contributed by atoms with Crippen LogP contribution in [0.5, 0.6) is 0 Å². The Morgan fingerprint density at radius 3 is 2.65 bits per heavy atom. The highest BCUT2D eigenvalue weighted by molar-refractivity contribution is 5.60. The van der Waals surface area contributed by atoms with Crippen molar-refractivity contribution in [2.45, 2.75) is 39.2 Å². The molecule has 112 valence electrons. The van der Waals surface area contributed by atoms with Crippen molar-refractivity contribution < 1.29 is 10.0 Å². The Labute approximate surface area is 116 Å². The number of hydrazine groups is 1. The zero-order valence-electron chi connectivity index (χ0n) is 11.8. The number of hydrogen-bond acceptors (Lipinski definition) is 8. The van der Waals surface area contributed by atoms with Gasteiger partial charge in [-0.1, -0.05) is 13.3 Å². The summed E-state index contributed by atoms with van der Waals surface area (Å²) in [6.07, 6.45) is 1.37. The third kappa shape index (κ3) is 4.00. The average Bonchev–Trinajstić information content (AvgIpc) is 2.35. The van der Waals surface area contributed by atoms with Gasteiger partial charge < -0.3 is 10.4 Å². The van der Waals surface area contributed by atoms with Crippen LogP contribution in [0.3, 0.4) is 0 Å². The number of aromatic nitrogens is 2. The summed E-state index contributed by atoms with van der Waals surface area (Å²) in [4.78, 5) is 18.3. The second kappa shape index (κ2) is 6.44. The van der Waals surface area contributed by atoms with Crippen LogP contribution in [0.1, 0.15) is 32.4 Å². The first kappa shape index (κ1) is 16.1. The quantitative estimate of drug-likeness (QED) is 0.329. The Bertz CT molecular complexity index is 491. The molecule has 20 heavy (non-hydrogen) atoms. The lowest BCUT2D eigenvalue weighted by Crippen LogP contribution is -2.33. The number of aryl methyl sites for hydroxylation is 1. The molecule has 0 saturated carbocycles. The highest BCUT2D eigenvalue weighted by Crippen LogP contribution is 2.27. The van der Waals surface area contributed by atoms with Crippen LogP contribution in [-0.4, -0.2) is 32.1 Å². The lowest BCUT2D eigenvalue weighted by molar-refractivity contribution is -0.385. The normalized spacial score (nSPS) is 13.7. The maximum Gasteiger partial charge on any atom is 0.332 e. The van der Waals surface area contributed by atoms with Crippen molar-refractivity contribution in [3.05, 3.63) is 15.8 Å². The molecule has 0 bridgehead atoms. The predicted molar refractivity (Wildman–Crippen MR) is 75.3 cm³/mol. The monoisotopic (exact) mass is 284 g/mol. The number of nitrogens with one attached hydrogen (secondary N) is 2. The molecule has 0 aliphatic heterocycles. The second-order valence-electron chi connectivity index (χ2n) is 4.83. The zero-order chi connectivity index (χ0) is 15.3. The molecule has 1 unspecified atom stereocenters. The standard InChI is InChI=1S/C11H20N6O3/c1-4-5-11(3,18)6-13-9-8(17(19)20)7(2)14-10(15-9)16-12/h18H,4-6,12H2,1-3H3,(H2,13,14,15,16). The van der Waals surface area contributed by atoms with E-state index < -0.39 is 10.5 Å². The molecule has 1 aromatic heterocycles. The van der Waals surface area contributed by atoms with Gasteiger partial charge in [-0.3, -0.25) is 15.5 Å². The van der Waals surface area contributed by atoms with Gasteiger partial charge in [0.2, 0.25) is 11.8 Å². The topological polar surface area (TPSA) is 139 Å². The fraction of sp³-hybridized carbons (Fsp3) is 0.636. The molecule has 0 fully saturated rings. The summed E-state index contributed by atoms with van der Waals surface area (Å²) in [5.74, 6) is 5.33. The summed E-state index contributed by atoms with van der Waals surface area (Å²) < 4.78 is 0. The van der Waals surface area contributed by atoms with Gasteiger partial charge in [0, 0.05) is 6.54 Å². The van der Waals surface area contributed by atoms with E-state index in [1.165, 1.54) is 6.92 Å². The van der Waals surface area contributed by atoms with Crippen molar-refractivity contribution >= 4 is 17.5 Å². The van der Waals surface area contributed by atoms with E-state index in [2.05, 4.69) is 20.7 Å². The summed E-state index contributed by atoms with van der Waals surface area (Å²) in [6, 6.07) is 0. The van der Waals surface area contributed by atoms with E-state index in [4.69, 9.17) is 5.84 Å². The molecule has 9 heteroatoms. The predicted octanol–water partition coefficient (Wildman–Crippen LogP) is 0.942. The number of hydrogen-bond donors (Lipinski definition) is 4. The van der Waals surface area contributed by atoms with E-state index in [0.29, 0.717) is 6.42 Å². The fourth-order valence-electron chi connectivity index (χ4n) is 1.87. The summed E-state index contributed by atoms with van der Waals surface area (Å²) in [6.45, 7) is 5.24. The van der Waals surface area contributed by atoms with Gasteiger partial charge in [0.15, 0.2) is 0 Å². The van der Waals surface area contributed by atoms with Crippen LogP contribution < -0.4 is 16.6 Å². The van der Waals surface area contributed by atoms with Gasteiger partial charge in [-0.25, -0.2) is 10.8 Å². The van der Waals surface area contributed by atoms with Crippen LogP contribution >= 0.6 is 0 Å². The minimum atomic E-state index is -0.974. The number of nitrogens with zero attached hydrogens (tertiary/aromatic N) is 3. The number of nitrogen functional groups attached to an aromatic ring is 1. The van der Waals surface area contributed by atoms with Crippen molar-refractivity contribution in [3.8, 4) is 0 Å². The average molecular weight is 284 g/mol. The van der Waals surface area contributed by atoms with Crippen LogP contribution in [0.25, 0.3) is 0 Å². The molecule has 0 aromatic carbocycles. The van der Waals surface area contributed by atoms with Gasteiger partial charge in [-0.2, -0.15) is 4.98 Å². The van der Waals surface area contributed by atoms with Gasteiger partial charge >= 0.3 is 5.69 Å². The van der Waals surface area contributed by atoms with Crippen LogP contribution in [-0.2, 0) is 0 Å². The number of rotatable bonds is 7. The zero-order valence-corrected chi connectivity index (χ0v) is 11.8. The number of aliphatic hydroxyl groups is 1. The van der Waals surface area contributed by atoms with Crippen molar-refractivity contribution in [2.75, 3.05) is 17.3 Å². The molecule has 0 saturated heterocycles.